The number of carbonyl (C=O) groups is 3. The summed E-state index contributed by atoms with van der Waals surface area (Å²) < 4.78 is 4.73. The third kappa shape index (κ3) is 3.14. The fourth-order valence-electron chi connectivity index (χ4n) is 2.84. The summed E-state index contributed by atoms with van der Waals surface area (Å²) in [5.74, 6) is -2.95. The van der Waals surface area contributed by atoms with E-state index in [0.717, 1.165) is 0 Å². The van der Waals surface area contributed by atoms with Crippen molar-refractivity contribution in [1.82, 2.24) is 0 Å². The van der Waals surface area contributed by atoms with Gasteiger partial charge in [0, 0.05) is 18.2 Å². The molecule has 112 valence electrons. The zero-order chi connectivity index (χ0) is 15.7. The average molecular weight is 281 g/mol. The zero-order valence-electron chi connectivity index (χ0n) is 13.0. The molecule has 0 aromatic heterocycles. The van der Waals surface area contributed by atoms with Crippen molar-refractivity contribution in [1.29, 1.82) is 0 Å². The number of ether oxygens (including phenoxy) is 1. The third-order valence-electron chi connectivity index (χ3n) is 3.62. The van der Waals surface area contributed by atoms with Crippen LogP contribution in [-0.2, 0) is 19.1 Å². The normalized spacial score (nSPS) is 26.9. The van der Waals surface area contributed by atoms with Gasteiger partial charge in [-0.2, -0.15) is 0 Å². The van der Waals surface area contributed by atoms with E-state index in [1.54, 1.807) is 20.8 Å². The monoisotopic (exact) mass is 281 g/mol. The molecule has 1 unspecified atom stereocenters. The van der Waals surface area contributed by atoms with Gasteiger partial charge in [0.2, 0.25) is 0 Å². The molecule has 1 fully saturated rings. The van der Waals surface area contributed by atoms with Crippen LogP contribution >= 0.6 is 0 Å². The molecule has 2 atom stereocenters. The lowest BCUT2D eigenvalue weighted by molar-refractivity contribution is -0.159. The van der Waals surface area contributed by atoms with Crippen LogP contribution in [0.15, 0.2) is 4.99 Å². The Balaban J connectivity index is 3.21. The van der Waals surface area contributed by atoms with E-state index in [4.69, 9.17) is 4.74 Å². The second-order valence-corrected chi connectivity index (χ2v) is 6.29. The van der Waals surface area contributed by atoms with Gasteiger partial charge in [0.05, 0.1) is 7.11 Å². The highest BCUT2D eigenvalue weighted by atomic mass is 16.5. The van der Waals surface area contributed by atoms with Crippen molar-refractivity contribution in [3.63, 3.8) is 0 Å². The number of ketones is 2. The maximum absolute atomic E-state index is 12.6. The first-order valence-corrected chi connectivity index (χ1v) is 6.80. The molecule has 1 rings (SSSR count). The highest BCUT2D eigenvalue weighted by Gasteiger charge is 2.52. The Morgan fingerprint density at radius 3 is 2.35 bits per heavy atom. The molecule has 5 nitrogen and oxygen atoms in total. The molecule has 0 bridgehead atoms. The molecule has 0 aromatic carbocycles. The number of hydrogen-bond donors (Lipinski definition) is 0. The van der Waals surface area contributed by atoms with Crippen LogP contribution in [0.25, 0.3) is 0 Å². The quantitative estimate of drug-likeness (QED) is 0.449. The number of Topliss-reactive ketones (excluding diaryl/α,β-unsaturated/α-hetero) is 2. The molecule has 1 aliphatic rings. The Labute approximate surface area is 119 Å². The van der Waals surface area contributed by atoms with Gasteiger partial charge in [-0.05, 0) is 26.2 Å². The number of nitrogens with zero attached hydrogens (tertiary/aromatic N) is 1. The summed E-state index contributed by atoms with van der Waals surface area (Å²) in [4.78, 5) is 41.0. The minimum atomic E-state index is -0.910. The van der Waals surface area contributed by atoms with E-state index in [9.17, 15) is 14.4 Å². The number of rotatable bonds is 3. The lowest BCUT2D eigenvalue weighted by atomic mass is 9.63. The number of methoxy groups -OCH3 is 1. The van der Waals surface area contributed by atoms with Gasteiger partial charge in [-0.25, -0.2) is 0 Å². The van der Waals surface area contributed by atoms with Crippen molar-refractivity contribution in [2.75, 3.05) is 7.11 Å². The Hall–Kier alpha value is -1.52. The average Bonchev–Trinajstić information content (AvgIpc) is 2.25. The Morgan fingerprint density at radius 2 is 1.90 bits per heavy atom. The second-order valence-electron chi connectivity index (χ2n) is 6.29. The number of aliphatic imine (C=N–C) groups is 1. The Bertz CT molecular complexity index is 462. The van der Waals surface area contributed by atoms with Crippen LogP contribution < -0.4 is 0 Å². The topological polar surface area (TPSA) is 72.8 Å². The largest absolute Gasteiger partial charge is 0.468 e. The number of carbonyl (C=O) groups excluding carboxylic acids is 3. The van der Waals surface area contributed by atoms with Crippen LogP contribution in [0, 0.1) is 17.3 Å². The standard InChI is InChI=1S/C15H23NO4/c1-8(2)16-9(3)11-10(17)7-15(4,5)12(13(11)18)14(19)20-6/h8,11-12H,7H2,1-6H3/t11?,12-/m0/s1. The van der Waals surface area contributed by atoms with Gasteiger partial charge in [-0.15, -0.1) is 0 Å². The lowest BCUT2D eigenvalue weighted by Gasteiger charge is -2.38. The summed E-state index contributed by atoms with van der Waals surface area (Å²) in [7, 11) is 1.26. The molecule has 1 aliphatic carbocycles. The molecular formula is C15H23NO4. The Morgan fingerprint density at radius 1 is 1.35 bits per heavy atom. The van der Waals surface area contributed by atoms with Crippen LogP contribution in [0.4, 0.5) is 0 Å². The van der Waals surface area contributed by atoms with Gasteiger partial charge >= 0.3 is 5.97 Å². The summed E-state index contributed by atoms with van der Waals surface area (Å²) >= 11 is 0. The van der Waals surface area contributed by atoms with E-state index < -0.39 is 23.2 Å². The van der Waals surface area contributed by atoms with Crippen LogP contribution in [0.5, 0.6) is 0 Å². The predicted octanol–water partition coefficient (Wildman–Crippen LogP) is 1.83. The van der Waals surface area contributed by atoms with E-state index in [-0.39, 0.29) is 24.0 Å². The SMILES string of the molecule is COC(=O)[C@@H]1C(=O)C(C(C)=NC(C)C)C(=O)CC1(C)C. The Kier molecular flexibility index (Phi) is 4.84. The molecule has 0 N–H and O–H groups in total. The van der Waals surface area contributed by atoms with Gasteiger partial charge in [-0.1, -0.05) is 13.8 Å². The fourth-order valence-corrected chi connectivity index (χ4v) is 2.84. The minimum Gasteiger partial charge on any atom is -0.468 e. The van der Waals surface area contributed by atoms with Gasteiger partial charge in [0.25, 0.3) is 0 Å². The maximum Gasteiger partial charge on any atom is 0.316 e. The molecule has 1 saturated carbocycles. The molecule has 0 aromatic rings. The number of esters is 1. The minimum absolute atomic E-state index is 0.00196. The first kappa shape index (κ1) is 16.5. The molecule has 5 heteroatoms. The molecule has 0 heterocycles. The highest BCUT2D eigenvalue weighted by Crippen LogP contribution is 2.40. The van der Waals surface area contributed by atoms with E-state index >= 15 is 0 Å². The van der Waals surface area contributed by atoms with Gasteiger partial charge < -0.3 is 4.74 Å². The van der Waals surface area contributed by atoms with E-state index in [0.29, 0.717) is 5.71 Å². The first-order valence-electron chi connectivity index (χ1n) is 6.80. The fraction of sp³-hybridized carbons (Fsp3) is 0.733. The first-order chi connectivity index (χ1) is 9.11. The van der Waals surface area contributed by atoms with E-state index in [2.05, 4.69) is 4.99 Å². The predicted molar refractivity (Wildman–Crippen MR) is 75.7 cm³/mol. The smallest absolute Gasteiger partial charge is 0.316 e. The van der Waals surface area contributed by atoms with Gasteiger partial charge in [0.15, 0.2) is 5.78 Å². The molecule has 20 heavy (non-hydrogen) atoms. The zero-order valence-corrected chi connectivity index (χ0v) is 13.0. The highest BCUT2D eigenvalue weighted by molar-refractivity contribution is 6.25. The van der Waals surface area contributed by atoms with Crippen LogP contribution in [0.1, 0.15) is 41.0 Å². The van der Waals surface area contributed by atoms with Gasteiger partial charge in [-0.3, -0.25) is 19.4 Å². The van der Waals surface area contributed by atoms with Crippen LogP contribution in [0.2, 0.25) is 0 Å². The van der Waals surface area contributed by atoms with Crippen molar-refractivity contribution in [3.8, 4) is 0 Å². The van der Waals surface area contributed by atoms with Crippen molar-refractivity contribution >= 4 is 23.2 Å². The van der Waals surface area contributed by atoms with Crippen molar-refractivity contribution in [2.45, 2.75) is 47.1 Å². The van der Waals surface area contributed by atoms with Gasteiger partial charge in [0.1, 0.15) is 17.6 Å². The van der Waals surface area contributed by atoms with Crippen LogP contribution in [-0.4, -0.2) is 36.4 Å². The van der Waals surface area contributed by atoms with Crippen LogP contribution in [0.3, 0.4) is 0 Å². The second kappa shape index (κ2) is 5.85. The third-order valence-corrected chi connectivity index (χ3v) is 3.62. The molecular weight excluding hydrogens is 258 g/mol. The summed E-state index contributed by atoms with van der Waals surface area (Å²) in [5.41, 5.74) is -0.227. The summed E-state index contributed by atoms with van der Waals surface area (Å²) in [6.07, 6.45) is 0.175. The molecule has 0 radical (unpaired) electrons. The summed E-state index contributed by atoms with van der Waals surface area (Å²) in [5, 5.41) is 0. The van der Waals surface area contributed by atoms with Crippen molar-refractivity contribution in [3.05, 3.63) is 0 Å². The molecule has 0 amide bonds. The molecule has 0 aliphatic heterocycles. The summed E-state index contributed by atoms with van der Waals surface area (Å²) in [6, 6.07) is 0.00196. The van der Waals surface area contributed by atoms with Crippen molar-refractivity contribution in [2.24, 2.45) is 22.2 Å². The lowest BCUT2D eigenvalue weighted by Crippen LogP contribution is -2.51. The maximum atomic E-state index is 12.6. The summed E-state index contributed by atoms with van der Waals surface area (Å²) in [6.45, 7) is 8.92. The molecule has 0 spiro atoms. The number of hydrogen-bond acceptors (Lipinski definition) is 5. The molecule has 0 saturated heterocycles. The van der Waals surface area contributed by atoms with E-state index in [1.165, 1.54) is 7.11 Å². The van der Waals surface area contributed by atoms with E-state index in [1.807, 2.05) is 13.8 Å². The van der Waals surface area contributed by atoms with Crippen molar-refractivity contribution < 1.29 is 19.1 Å².